The molecular weight excluding hydrogens is 1030 g/mol. The molecule has 2 heterocycles. The van der Waals surface area contributed by atoms with Crippen molar-refractivity contribution in [1.82, 2.24) is 0 Å². The van der Waals surface area contributed by atoms with Crippen molar-refractivity contribution in [3.05, 3.63) is 163 Å². The van der Waals surface area contributed by atoms with E-state index in [9.17, 15) is 40.9 Å². The molecule has 6 aliphatic carbocycles. The average Bonchev–Trinajstić information content (AvgIpc) is 3.16. The van der Waals surface area contributed by atoms with Gasteiger partial charge in [0.2, 0.25) is 0 Å². The van der Waals surface area contributed by atoms with Crippen LogP contribution in [0.2, 0.25) is 0 Å². The molecular formula is C58H42F6N2O12. The number of imide groups is 2. The zero-order chi connectivity index (χ0) is 56.2. The minimum atomic E-state index is -5.49. The van der Waals surface area contributed by atoms with Crippen molar-refractivity contribution in [1.29, 1.82) is 0 Å². The van der Waals surface area contributed by atoms with E-state index >= 15 is 45.5 Å². The highest BCUT2D eigenvalue weighted by atomic mass is 19.4. The van der Waals surface area contributed by atoms with Gasteiger partial charge in [-0.05, 0) is 154 Å². The Bertz CT molecular complexity index is 3390. The first kappa shape index (κ1) is 49.9. The van der Waals surface area contributed by atoms with Crippen LogP contribution >= 0.6 is 0 Å². The van der Waals surface area contributed by atoms with Gasteiger partial charge >= 0.3 is 12.4 Å². The number of hydrogen-bond acceptors (Lipinski definition) is 12. The van der Waals surface area contributed by atoms with Gasteiger partial charge in [-0.1, -0.05) is 39.8 Å². The Morgan fingerprint density at radius 3 is 0.705 bits per heavy atom. The summed E-state index contributed by atoms with van der Waals surface area (Å²) in [6, 6.07) is 13.3. The highest BCUT2D eigenvalue weighted by Crippen LogP contribution is 2.70. The van der Waals surface area contributed by atoms with Gasteiger partial charge in [-0.25, -0.2) is 9.80 Å². The summed E-state index contributed by atoms with van der Waals surface area (Å²) in [5.74, 6) is -9.40. The van der Waals surface area contributed by atoms with E-state index in [1.165, 1.54) is 48.5 Å². The number of nitrogens with zero attached hydrogens (tertiary/aromatic N) is 2. The molecule has 0 aromatic heterocycles. The van der Waals surface area contributed by atoms with Crippen molar-refractivity contribution < 1.29 is 86.4 Å². The summed E-state index contributed by atoms with van der Waals surface area (Å²) in [7, 11) is 0. The second kappa shape index (κ2) is 15.4. The lowest BCUT2D eigenvalue weighted by Gasteiger charge is -2.54. The summed E-state index contributed by atoms with van der Waals surface area (Å²) in [5, 5.41) is 86.7. The molecule has 0 atom stereocenters. The summed E-state index contributed by atoms with van der Waals surface area (Å²) in [6.07, 6.45) is -11.3. The van der Waals surface area contributed by atoms with Gasteiger partial charge in [-0.15, -0.1) is 0 Å². The zero-order valence-electron chi connectivity index (χ0n) is 41.3. The number of amides is 4. The van der Waals surface area contributed by atoms with E-state index in [0.717, 1.165) is 12.1 Å². The molecule has 2 aliphatic heterocycles. The van der Waals surface area contributed by atoms with E-state index in [1.807, 2.05) is 0 Å². The van der Waals surface area contributed by atoms with E-state index in [0.29, 0.717) is 34.1 Å². The van der Waals surface area contributed by atoms with E-state index < -0.39 is 137 Å². The Labute approximate surface area is 437 Å². The standard InChI is InChI=1S/C58H42F6N2O12/c1-5-53-29-15-37(67)39(69)17-31(29)54(6-2,32-18-40(70)38(68)16-30(32)53)46-45(53)49(75)65(50(46)76)23-9-11-25(27(13-23)57(59,60)61)26-12-10-24(14-28(26)58(62,63)64)66-51(77)47-48(52(66)78)56(8-4)35-21-43(73)41(71)19-33(35)55(47,7-3)34-20-42(72)44(74)22-36(34)56/h9-22,67-74H,5-8H2,1-4H3. The first-order chi connectivity index (χ1) is 36.7. The lowest BCUT2D eigenvalue weighted by molar-refractivity contribution is -0.139. The molecule has 14 rings (SSSR count). The molecule has 398 valence electrons. The predicted octanol–water partition coefficient (Wildman–Crippen LogP) is 10.2. The van der Waals surface area contributed by atoms with Crippen molar-refractivity contribution in [2.75, 3.05) is 9.80 Å². The molecule has 6 aromatic carbocycles. The first-order valence-electron chi connectivity index (χ1n) is 24.7. The number of carbonyl (C=O) groups excluding carboxylic acids is 4. The molecule has 0 fully saturated rings. The summed E-state index contributed by atoms with van der Waals surface area (Å²) >= 11 is 0. The third kappa shape index (κ3) is 5.58. The Morgan fingerprint density at radius 1 is 0.346 bits per heavy atom. The molecule has 0 saturated heterocycles. The van der Waals surface area contributed by atoms with Crippen molar-refractivity contribution in [2.45, 2.75) is 87.4 Å². The molecule has 8 N–H and O–H groups in total. The number of alkyl halides is 6. The van der Waals surface area contributed by atoms with Gasteiger partial charge in [-0.2, -0.15) is 26.3 Å². The molecule has 14 nitrogen and oxygen atoms in total. The van der Waals surface area contributed by atoms with Gasteiger partial charge < -0.3 is 40.9 Å². The first-order valence-corrected chi connectivity index (χ1v) is 24.7. The number of anilines is 2. The van der Waals surface area contributed by atoms with Crippen LogP contribution in [-0.2, 0) is 53.2 Å². The van der Waals surface area contributed by atoms with Crippen LogP contribution < -0.4 is 9.80 Å². The molecule has 0 radical (unpaired) electrons. The second-order valence-corrected chi connectivity index (χ2v) is 20.4. The Balaban J connectivity index is 0.990. The van der Waals surface area contributed by atoms with Gasteiger partial charge in [0.1, 0.15) is 0 Å². The smallest absolute Gasteiger partial charge is 0.417 e. The number of carbonyl (C=O) groups is 4. The molecule has 8 aliphatic rings. The van der Waals surface area contributed by atoms with Gasteiger partial charge in [0.25, 0.3) is 23.6 Å². The van der Waals surface area contributed by atoms with E-state index in [4.69, 9.17) is 0 Å². The monoisotopic (exact) mass is 1070 g/mol. The highest BCUT2D eigenvalue weighted by Gasteiger charge is 2.68. The van der Waals surface area contributed by atoms with Gasteiger partial charge in [0.05, 0.1) is 44.2 Å². The molecule has 6 aromatic rings. The fourth-order valence-electron chi connectivity index (χ4n) is 14.4. The Kier molecular flexibility index (Phi) is 9.84. The summed E-state index contributed by atoms with van der Waals surface area (Å²) < 4.78 is 93.6. The minimum absolute atomic E-state index is 0.0757. The summed E-state index contributed by atoms with van der Waals surface area (Å²) in [6.45, 7) is 6.44. The fourth-order valence-corrected chi connectivity index (χ4v) is 14.4. The molecule has 4 amide bonds. The maximum absolute atomic E-state index is 15.6. The lowest BCUT2D eigenvalue weighted by Crippen LogP contribution is -2.51. The quantitative estimate of drug-likeness (QED) is 0.0424. The van der Waals surface area contributed by atoms with Crippen molar-refractivity contribution in [3.63, 3.8) is 0 Å². The maximum Gasteiger partial charge on any atom is 0.417 e. The van der Waals surface area contributed by atoms with Crippen molar-refractivity contribution >= 4 is 35.0 Å². The van der Waals surface area contributed by atoms with Gasteiger partial charge in [0.15, 0.2) is 46.0 Å². The SMILES string of the molecule is CCC12C3=C(C(=O)N(c4ccc(-c5ccc(N6C(=O)C7=C(C6=O)C6(CC)c8cc(O)c(O)cc8C7(CC)c7cc(O)c(O)cc76)cc5C(F)(F)F)c(C(F)(F)F)c4)C3=O)C(CC)(c3cc(O)c(O)cc31)c1cc(O)c(O)cc12. The summed E-state index contributed by atoms with van der Waals surface area (Å²) in [4.78, 5) is 61.3. The van der Waals surface area contributed by atoms with Crippen LogP contribution in [0.1, 0.15) is 109 Å². The highest BCUT2D eigenvalue weighted by molar-refractivity contribution is 6.37. The molecule has 0 unspecified atom stereocenters. The van der Waals surface area contributed by atoms with Crippen LogP contribution in [0, 0.1) is 0 Å². The Morgan fingerprint density at radius 2 is 0.538 bits per heavy atom. The van der Waals surface area contributed by atoms with E-state index in [2.05, 4.69) is 0 Å². The average molecular weight is 1070 g/mol. The molecule has 20 heteroatoms. The summed E-state index contributed by atoms with van der Waals surface area (Å²) in [5.41, 5.74) is -13.1. The van der Waals surface area contributed by atoms with Crippen molar-refractivity contribution in [3.8, 4) is 57.1 Å². The largest absolute Gasteiger partial charge is 0.504 e. The number of halogens is 6. The maximum atomic E-state index is 15.6. The number of rotatable bonds is 7. The minimum Gasteiger partial charge on any atom is -0.504 e. The van der Waals surface area contributed by atoms with Crippen LogP contribution in [0.5, 0.6) is 46.0 Å². The van der Waals surface area contributed by atoms with E-state index in [-0.39, 0.29) is 92.5 Å². The topological polar surface area (TPSA) is 237 Å². The number of phenols is 8. The predicted molar refractivity (Wildman–Crippen MR) is 264 cm³/mol. The zero-order valence-corrected chi connectivity index (χ0v) is 41.3. The lowest BCUT2D eigenvalue weighted by atomic mass is 9.46. The number of aromatic hydroxyl groups is 8. The molecule has 78 heavy (non-hydrogen) atoms. The molecule has 0 spiro atoms. The second-order valence-electron chi connectivity index (χ2n) is 20.4. The van der Waals surface area contributed by atoms with Crippen LogP contribution in [0.4, 0.5) is 37.7 Å². The number of benzene rings is 6. The third-order valence-corrected chi connectivity index (χ3v) is 17.6. The van der Waals surface area contributed by atoms with Crippen LogP contribution in [0.15, 0.2) is 107 Å². The normalized spacial score (nSPS) is 23.5. The number of hydrogen-bond donors (Lipinski definition) is 8. The van der Waals surface area contributed by atoms with Crippen LogP contribution in [0.3, 0.4) is 0 Å². The number of phenolic OH excluding ortho intramolecular Hbond substituents is 8. The van der Waals surface area contributed by atoms with Gasteiger partial charge in [0, 0.05) is 22.3 Å². The van der Waals surface area contributed by atoms with Crippen LogP contribution in [-0.4, -0.2) is 64.5 Å². The third-order valence-electron chi connectivity index (χ3n) is 17.6. The van der Waals surface area contributed by atoms with Crippen LogP contribution in [0.25, 0.3) is 11.1 Å². The van der Waals surface area contributed by atoms with Gasteiger partial charge in [-0.3, -0.25) is 19.2 Å². The Hall–Kier alpha value is -8.94. The van der Waals surface area contributed by atoms with Crippen molar-refractivity contribution in [2.24, 2.45) is 0 Å². The fraction of sp³-hybridized carbons (Fsp3) is 0.241. The molecule has 4 bridgehead atoms. The van der Waals surface area contributed by atoms with E-state index in [1.54, 1.807) is 27.7 Å². The molecule has 0 saturated carbocycles.